The van der Waals surface area contributed by atoms with Crippen LogP contribution < -0.4 is 5.32 Å². The normalized spacial score (nSPS) is 11.7. The van der Waals surface area contributed by atoms with Crippen molar-refractivity contribution in [3.05, 3.63) is 46.5 Å². The molecule has 0 spiro atoms. The van der Waals surface area contributed by atoms with Crippen molar-refractivity contribution in [3.8, 4) is 0 Å². The first-order valence-electron chi connectivity index (χ1n) is 5.56. The number of benzene rings is 1. The number of alkyl halides is 3. The van der Waals surface area contributed by atoms with Crippen molar-refractivity contribution in [2.24, 2.45) is 7.05 Å². The van der Waals surface area contributed by atoms with E-state index in [0.717, 1.165) is 10.7 Å². The summed E-state index contributed by atoms with van der Waals surface area (Å²) in [6.45, 7) is 0.0753. The minimum Gasteiger partial charge on any atom is -0.379 e. The SMILES string of the molecule is Cn1nc(CNc2ccc(F)c(Cl)c2)cc1C(F)(F)F. The number of anilines is 1. The Hall–Kier alpha value is -1.76. The van der Waals surface area contributed by atoms with E-state index in [2.05, 4.69) is 10.4 Å². The van der Waals surface area contributed by atoms with Gasteiger partial charge in [0, 0.05) is 12.7 Å². The first kappa shape index (κ1) is 14.6. The number of rotatable bonds is 3. The van der Waals surface area contributed by atoms with Crippen LogP contribution in [0.2, 0.25) is 5.02 Å². The Kier molecular flexibility index (Phi) is 3.89. The van der Waals surface area contributed by atoms with Gasteiger partial charge in [0.15, 0.2) is 0 Å². The molecule has 0 fully saturated rings. The van der Waals surface area contributed by atoms with Crippen LogP contribution in [0.4, 0.5) is 23.2 Å². The Morgan fingerprint density at radius 1 is 1.30 bits per heavy atom. The molecule has 0 atom stereocenters. The van der Waals surface area contributed by atoms with Gasteiger partial charge in [-0.1, -0.05) is 11.6 Å². The largest absolute Gasteiger partial charge is 0.433 e. The average Bonchev–Trinajstić information content (AvgIpc) is 2.72. The molecule has 1 N–H and O–H groups in total. The van der Waals surface area contributed by atoms with Crippen LogP contribution in [0, 0.1) is 5.82 Å². The lowest BCUT2D eigenvalue weighted by atomic mass is 10.3. The van der Waals surface area contributed by atoms with Gasteiger partial charge in [0.25, 0.3) is 0 Å². The van der Waals surface area contributed by atoms with Crippen molar-refractivity contribution < 1.29 is 17.6 Å². The molecule has 0 amide bonds. The lowest BCUT2D eigenvalue weighted by molar-refractivity contribution is -0.143. The molecule has 0 aliphatic heterocycles. The zero-order chi connectivity index (χ0) is 14.9. The van der Waals surface area contributed by atoms with Gasteiger partial charge in [-0.3, -0.25) is 4.68 Å². The highest BCUT2D eigenvalue weighted by molar-refractivity contribution is 6.31. The maximum atomic E-state index is 12.9. The molecule has 8 heteroatoms. The van der Waals surface area contributed by atoms with Crippen molar-refractivity contribution in [1.82, 2.24) is 9.78 Å². The fourth-order valence-corrected chi connectivity index (χ4v) is 1.86. The van der Waals surface area contributed by atoms with Gasteiger partial charge < -0.3 is 5.32 Å². The maximum Gasteiger partial charge on any atom is 0.433 e. The van der Waals surface area contributed by atoms with Crippen LogP contribution in [0.25, 0.3) is 0 Å². The molecule has 20 heavy (non-hydrogen) atoms. The molecule has 0 radical (unpaired) electrons. The van der Waals surface area contributed by atoms with Gasteiger partial charge >= 0.3 is 6.18 Å². The first-order valence-corrected chi connectivity index (χ1v) is 5.94. The van der Waals surface area contributed by atoms with Gasteiger partial charge in [-0.05, 0) is 24.3 Å². The number of aryl methyl sites for hydroxylation is 1. The summed E-state index contributed by atoms with van der Waals surface area (Å²) in [5, 5.41) is 6.52. The van der Waals surface area contributed by atoms with Crippen molar-refractivity contribution in [2.45, 2.75) is 12.7 Å². The smallest absolute Gasteiger partial charge is 0.379 e. The number of nitrogens with zero attached hydrogens (tertiary/aromatic N) is 2. The van der Waals surface area contributed by atoms with Crippen LogP contribution in [0.5, 0.6) is 0 Å². The number of aromatic nitrogens is 2. The standard InChI is InChI=1S/C12H10ClF4N3/c1-20-11(12(15,16)17)5-8(19-20)6-18-7-2-3-10(14)9(13)4-7/h2-5,18H,6H2,1H3. The van der Waals surface area contributed by atoms with Gasteiger partial charge in [-0.25, -0.2) is 4.39 Å². The third kappa shape index (κ3) is 3.22. The van der Waals surface area contributed by atoms with Gasteiger partial charge in [-0.2, -0.15) is 18.3 Å². The molecule has 1 aromatic heterocycles. The highest BCUT2D eigenvalue weighted by Gasteiger charge is 2.34. The van der Waals surface area contributed by atoms with Gasteiger partial charge in [-0.15, -0.1) is 0 Å². The van der Waals surface area contributed by atoms with Crippen molar-refractivity contribution in [3.63, 3.8) is 0 Å². The minimum absolute atomic E-state index is 0.0630. The Morgan fingerprint density at radius 3 is 2.55 bits per heavy atom. The minimum atomic E-state index is -4.45. The fraction of sp³-hybridized carbons (Fsp3) is 0.250. The van der Waals surface area contributed by atoms with E-state index in [0.29, 0.717) is 5.69 Å². The Balaban J connectivity index is 2.09. The quantitative estimate of drug-likeness (QED) is 0.873. The number of hydrogen-bond acceptors (Lipinski definition) is 2. The van der Waals surface area contributed by atoms with Crippen LogP contribution in [0.3, 0.4) is 0 Å². The topological polar surface area (TPSA) is 29.9 Å². The van der Waals surface area contributed by atoms with Gasteiger partial charge in [0.05, 0.1) is 17.3 Å². The molecule has 2 aromatic rings. The van der Waals surface area contributed by atoms with E-state index in [4.69, 9.17) is 11.6 Å². The summed E-state index contributed by atoms with van der Waals surface area (Å²) in [4.78, 5) is 0. The lowest BCUT2D eigenvalue weighted by Crippen LogP contribution is -2.11. The molecular formula is C12H10ClF4N3. The molecule has 0 aliphatic carbocycles. The van der Waals surface area contributed by atoms with Crippen LogP contribution in [-0.4, -0.2) is 9.78 Å². The monoisotopic (exact) mass is 307 g/mol. The molecule has 1 heterocycles. The highest BCUT2D eigenvalue weighted by atomic mass is 35.5. The molecule has 0 saturated heterocycles. The molecule has 0 unspecified atom stereocenters. The summed E-state index contributed by atoms with van der Waals surface area (Å²) in [6.07, 6.45) is -4.45. The van der Waals surface area contributed by atoms with Crippen molar-refractivity contribution >= 4 is 17.3 Å². The predicted octanol–water partition coefficient (Wildman–Crippen LogP) is 3.84. The number of hydrogen-bond donors (Lipinski definition) is 1. The lowest BCUT2D eigenvalue weighted by Gasteiger charge is -2.05. The van der Waals surface area contributed by atoms with E-state index in [1.807, 2.05) is 0 Å². The van der Waals surface area contributed by atoms with E-state index in [9.17, 15) is 17.6 Å². The van der Waals surface area contributed by atoms with E-state index >= 15 is 0 Å². The van der Waals surface area contributed by atoms with Crippen LogP contribution in [0.1, 0.15) is 11.4 Å². The molecule has 3 nitrogen and oxygen atoms in total. The van der Waals surface area contributed by atoms with Crippen molar-refractivity contribution in [2.75, 3.05) is 5.32 Å². The second kappa shape index (κ2) is 5.32. The summed E-state index contributed by atoms with van der Waals surface area (Å²) in [7, 11) is 1.22. The summed E-state index contributed by atoms with van der Waals surface area (Å²) >= 11 is 5.60. The summed E-state index contributed by atoms with van der Waals surface area (Å²) in [6, 6.07) is 4.92. The average molecular weight is 308 g/mol. The molecule has 0 bridgehead atoms. The van der Waals surface area contributed by atoms with Crippen LogP contribution in [-0.2, 0) is 19.8 Å². The molecule has 0 aliphatic rings. The third-order valence-electron chi connectivity index (χ3n) is 2.61. The Bertz CT molecular complexity index is 622. The van der Waals surface area contributed by atoms with E-state index in [1.165, 1.54) is 25.2 Å². The fourth-order valence-electron chi connectivity index (χ4n) is 1.68. The summed E-state index contributed by atoms with van der Waals surface area (Å²) in [5.41, 5.74) is -0.109. The highest BCUT2D eigenvalue weighted by Crippen LogP contribution is 2.29. The van der Waals surface area contributed by atoms with E-state index in [1.54, 1.807) is 0 Å². The third-order valence-corrected chi connectivity index (χ3v) is 2.90. The summed E-state index contributed by atoms with van der Waals surface area (Å²) < 4.78 is 51.5. The molecular weight excluding hydrogens is 298 g/mol. The van der Waals surface area contributed by atoms with Gasteiger partial charge in [0.1, 0.15) is 11.5 Å². The first-order chi connectivity index (χ1) is 9.27. The Labute approximate surface area is 117 Å². The van der Waals surface area contributed by atoms with E-state index < -0.39 is 17.7 Å². The van der Waals surface area contributed by atoms with Crippen molar-refractivity contribution in [1.29, 1.82) is 0 Å². The molecule has 2 rings (SSSR count). The zero-order valence-electron chi connectivity index (χ0n) is 10.3. The number of halogens is 5. The maximum absolute atomic E-state index is 12.9. The molecule has 0 saturated carbocycles. The summed E-state index contributed by atoms with van der Waals surface area (Å²) in [5.74, 6) is -0.561. The molecule has 108 valence electrons. The van der Waals surface area contributed by atoms with Crippen LogP contribution >= 0.6 is 11.6 Å². The zero-order valence-corrected chi connectivity index (χ0v) is 11.1. The van der Waals surface area contributed by atoms with Gasteiger partial charge in [0.2, 0.25) is 0 Å². The Morgan fingerprint density at radius 2 is 2.00 bits per heavy atom. The molecule has 1 aromatic carbocycles. The second-order valence-electron chi connectivity index (χ2n) is 4.12. The van der Waals surface area contributed by atoms with Crippen LogP contribution in [0.15, 0.2) is 24.3 Å². The number of nitrogens with one attached hydrogen (secondary N) is 1. The van der Waals surface area contributed by atoms with E-state index in [-0.39, 0.29) is 17.3 Å². The second-order valence-corrected chi connectivity index (χ2v) is 4.53. The predicted molar refractivity (Wildman–Crippen MR) is 66.9 cm³/mol.